The molecule has 0 unspecified atom stereocenters. The van der Waals surface area contributed by atoms with E-state index in [9.17, 15) is 10.1 Å². The number of anilines is 1. The summed E-state index contributed by atoms with van der Waals surface area (Å²) in [6.07, 6.45) is 1.39. The SMILES string of the molecule is CCn1nc(-c2ccc([N+](=O)[O-])cc2)c2c(N)ncnc21. The molecule has 0 aliphatic carbocycles. The van der Waals surface area contributed by atoms with Gasteiger partial charge in [-0.15, -0.1) is 0 Å². The maximum absolute atomic E-state index is 10.7. The van der Waals surface area contributed by atoms with E-state index in [1.54, 1.807) is 16.8 Å². The van der Waals surface area contributed by atoms with E-state index in [4.69, 9.17) is 5.73 Å². The van der Waals surface area contributed by atoms with Crippen LogP contribution in [-0.4, -0.2) is 24.7 Å². The van der Waals surface area contributed by atoms with E-state index in [0.717, 1.165) is 5.56 Å². The normalized spacial score (nSPS) is 10.9. The Morgan fingerprint density at radius 3 is 2.62 bits per heavy atom. The number of non-ortho nitro benzene ring substituents is 1. The van der Waals surface area contributed by atoms with Crippen molar-refractivity contribution in [1.82, 2.24) is 19.7 Å². The molecule has 2 aromatic heterocycles. The van der Waals surface area contributed by atoms with Crippen LogP contribution in [0.5, 0.6) is 0 Å². The third-order valence-electron chi connectivity index (χ3n) is 3.21. The Morgan fingerprint density at radius 2 is 2.00 bits per heavy atom. The van der Waals surface area contributed by atoms with Crippen molar-refractivity contribution in [3.8, 4) is 11.3 Å². The second-order valence-electron chi connectivity index (χ2n) is 4.43. The van der Waals surface area contributed by atoms with Crippen molar-refractivity contribution >= 4 is 22.5 Å². The molecule has 0 radical (unpaired) electrons. The number of hydrogen-bond acceptors (Lipinski definition) is 6. The molecule has 106 valence electrons. The van der Waals surface area contributed by atoms with Gasteiger partial charge < -0.3 is 5.73 Å². The summed E-state index contributed by atoms with van der Waals surface area (Å²) in [5.41, 5.74) is 7.97. The van der Waals surface area contributed by atoms with E-state index in [1.807, 2.05) is 6.92 Å². The van der Waals surface area contributed by atoms with Crippen molar-refractivity contribution < 1.29 is 4.92 Å². The summed E-state index contributed by atoms with van der Waals surface area (Å²) in [7, 11) is 0. The fraction of sp³-hybridized carbons (Fsp3) is 0.154. The predicted octanol–water partition coefficient (Wildman–Crippen LogP) is 2.00. The van der Waals surface area contributed by atoms with Gasteiger partial charge in [0.2, 0.25) is 0 Å². The average molecular weight is 284 g/mol. The molecule has 0 saturated heterocycles. The van der Waals surface area contributed by atoms with Crippen molar-refractivity contribution in [2.75, 3.05) is 5.73 Å². The van der Waals surface area contributed by atoms with E-state index in [1.165, 1.54) is 18.5 Å². The lowest BCUT2D eigenvalue weighted by Gasteiger charge is -1.99. The van der Waals surface area contributed by atoms with Gasteiger partial charge >= 0.3 is 0 Å². The monoisotopic (exact) mass is 284 g/mol. The van der Waals surface area contributed by atoms with Gasteiger partial charge in [0.15, 0.2) is 5.65 Å². The Balaban J connectivity index is 2.22. The van der Waals surface area contributed by atoms with Gasteiger partial charge in [0.05, 0.1) is 10.3 Å². The number of nitro benzene ring substituents is 1. The summed E-state index contributed by atoms with van der Waals surface area (Å²) in [4.78, 5) is 18.5. The molecule has 1 aromatic carbocycles. The predicted molar refractivity (Wildman–Crippen MR) is 77.5 cm³/mol. The first kappa shape index (κ1) is 13.0. The largest absolute Gasteiger partial charge is 0.383 e. The van der Waals surface area contributed by atoms with Gasteiger partial charge in [-0.3, -0.25) is 10.1 Å². The van der Waals surface area contributed by atoms with Gasteiger partial charge in [0, 0.05) is 24.2 Å². The molecule has 0 bridgehead atoms. The molecule has 0 amide bonds. The first-order valence-corrected chi connectivity index (χ1v) is 6.33. The number of nitrogen functional groups attached to an aromatic ring is 1. The molecular formula is C13H12N6O2. The van der Waals surface area contributed by atoms with Crippen LogP contribution in [0.25, 0.3) is 22.3 Å². The number of benzene rings is 1. The van der Waals surface area contributed by atoms with Gasteiger partial charge in [-0.1, -0.05) is 0 Å². The van der Waals surface area contributed by atoms with Crippen LogP contribution in [0, 0.1) is 10.1 Å². The molecule has 0 atom stereocenters. The molecule has 3 aromatic rings. The van der Waals surface area contributed by atoms with Crippen LogP contribution in [0.3, 0.4) is 0 Å². The molecule has 0 aliphatic heterocycles. The zero-order valence-electron chi connectivity index (χ0n) is 11.2. The summed E-state index contributed by atoms with van der Waals surface area (Å²) in [6.45, 7) is 2.59. The van der Waals surface area contributed by atoms with E-state index in [-0.39, 0.29) is 5.69 Å². The lowest BCUT2D eigenvalue weighted by molar-refractivity contribution is -0.384. The highest BCUT2D eigenvalue weighted by molar-refractivity contribution is 5.98. The Labute approximate surface area is 119 Å². The van der Waals surface area contributed by atoms with Crippen molar-refractivity contribution in [3.05, 3.63) is 40.7 Å². The van der Waals surface area contributed by atoms with Crippen molar-refractivity contribution in [2.45, 2.75) is 13.5 Å². The number of rotatable bonds is 3. The fourth-order valence-corrected chi connectivity index (χ4v) is 2.19. The molecule has 21 heavy (non-hydrogen) atoms. The molecule has 2 N–H and O–H groups in total. The van der Waals surface area contributed by atoms with Crippen LogP contribution in [0.15, 0.2) is 30.6 Å². The standard InChI is InChI=1S/C13H12N6O2/c1-2-18-13-10(12(14)15-7-16-13)11(17-18)8-3-5-9(6-4-8)19(20)21/h3-7H,2H2,1H3,(H2,14,15,16). The first-order chi connectivity index (χ1) is 10.1. The van der Waals surface area contributed by atoms with Crippen LogP contribution in [0.2, 0.25) is 0 Å². The van der Waals surface area contributed by atoms with Crippen LogP contribution in [0.4, 0.5) is 11.5 Å². The zero-order valence-corrected chi connectivity index (χ0v) is 11.2. The minimum Gasteiger partial charge on any atom is -0.383 e. The molecule has 3 rings (SSSR count). The minimum absolute atomic E-state index is 0.0298. The lowest BCUT2D eigenvalue weighted by Crippen LogP contribution is -1.98. The number of nitro groups is 1. The van der Waals surface area contributed by atoms with Gasteiger partial charge in [-0.25, -0.2) is 14.6 Å². The molecule has 8 heteroatoms. The van der Waals surface area contributed by atoms with Gasteiger partial charge in [-0.2, -0.15) is 5.10 Å². The van der Waals surface area contributed by atoms with Crippen molar-refractivity contribution in [2.24, 2.45) is 0 Å². The summed E-state index contributed by atoms with van der Waals surface area (Å²) >= 11 is 0. The minimum atomic E-state index is -0.440. The third kappa shape index (κ3) is 2.06. The van der Waals surface area contributed by atoms with E-state index >= 15 is 0 Å². The summed E-state index contributed by atoms with van der Waals surface area (Å²) in [5, 5.41) is 15.8. The number of nitrogens with two attached hydrogens (primary N) is 1. The Morgan fingerprint density at radius 1 is 1.29 bits per heavy atom. The molecule has 0 aliphatic rings. The number of aromatic nitrogens is 4. The number of fused-ring (bicyclic) bond motifs is 1. The maximum Gasteiger partial charge on any atom is 0.269 e. The summed E-state index contributed by atoms with van der Waals surface area (Å²) in [6, 6.07) is 6.16. The molecule has 0 spiro atoms. The van der Waals surface area contributed by atoms with Crippen LogP contribution in [-0.2, 0) is 6.54 Å². The van der Waals surface area contributed by atoms with Gasteiger partial charge in [-0.05, 0) is 19.1 Å². The van der Waals surface area contributed by atoms with E-state index in [0.29, 0.717) is 29.1 Å². The van der Waals surface area contributed by atoms with E-state index < -0.39 is 4.92 Å². The second kappa shape index (κ2) is 4.82. The number of nitrogens with zero attached hydrogens (tertiary/aromatic N) is 5. The van der Waals surface area contributed by atoms with Gasteiger partial charge in [0.25, 0.3) is 5.69 Å². The maximum atomic E-state index is 10.7. The topological polar surface area (TPSA) is 113 Å². The van der Waals surface area contributed by atoms with Crippen LogP contribution < -0.4 is 5.73 Å². The van der Waals surface area contributed by atoms with Crippen molar-refractivity contribution in [1.29, 1.82) is 0 Å². The average Bonchev–Trinajstić information content (AvgIpc) is 2.87. The Bertz CT molecular complexity index is 825. The van der Waals surface area contributed by atoms with Crippen LogP contribution in [0.1, 0.15) is 6.92 Å². The molecular weight excluding hydrogens is 272 g/mol. The lowest BCUT2D eigenvalue weighted by atomic mass is 10.1. The van der Waals surface area contributed by atoms with Gasteiger partial charge in [0.1, 0.15) is 17.8 Å². The highest BCUT2D eigenvalue weighted by Crippen LogP contribution is 2.30. The number of hydrogen-bond donors (Lipinski definition) is 1. The van der Waals surface area contributed by atoms with Crippen LogP contribution >= 0.6 is 0 Å². The Hall–Kier alpha value is -3.03. The molecule has 8 nitrogen and oxygen atoms in total. The second-order valence-corrected chi connectivity index (χ2v) is 4.43. The Kier molecular flexibility index (Phi) is 2.98. The van der Waals surface area contributed by atoms with Crippen molar-refractivity contribution in [3.63, 3.8) is 0 Å². The molecule has 0 saturated carbocycles. The zero-order chi connectivity index (χ0) is 15.0. The molecule has 0 fully saturated rings. The highest BCUT2D eigenvalue weighted by atomic mass is 16.6. The summed E-state index contributed by atoms with van der Waals surface area (Å²) in [5.74, 6) is 0.341. The third-order valence-corrected chi connectivity index (χ3v) is 3.21. The fourth-order valence-electron chi connectivity index (χ4n) is 2.19. The summed E-state index contributed by atoms with van der Waals surface area (Å²) < 4.78 is 1.73. The quantitative estimate of drug-likeness (QED) is 0.581. The van der Waals surface area contributed by atoms with E-state index in [2.05, 4.69) is 15.1 Å². The highest BCUT2D eigenvalue weighted by Gasteiger charge is 2.16. The first-order valence-electron chi connectivity index (χ1n) is 6.33. The smallest absolute Gasteiger partial charge is 0.269 e. The number of aryl methyl sites for hydroxylation is 1. The molecule has 2 heterocycles.